The zero-order valence-corrected chi connectivity index (χ0v) is 20.3. The largest absolute Gasteiger partial charge is 1.00 e. The molecule has 31 heavy (non-hydrogen) atoms. The summed E-state index contributed by atoms with van der Waals surface area (Å²) < 4.78 is 52.3. The van der Waals surface area contributed by atoms with Gasteiger partial charge in [-0.3, -0.25) is 9.09 Å². The van der Waals surface area contributed by atoms with E-state index in [2.05, 4.69) is 28.1 Å². The fraction of sp³-hybridized carbons (Fsp3) is 0.500. The van der Waals surface area contributed by atoms with Crippen LogP contribution in [-0.2, 0) is 31.6 Å². The summed E-state index contributed by atoms with van der Waals surface area (Å²) in [6.45, 7) is -0.693. The van der Waals surface area contributed by atoms with Crippen LogP contribution in [0.5, 0.6) is 0 Å². The SMILES string of the molecule is Nc1ncnc2c1ncn2[C@@H]1O[C@H](COP(=O)(O)OP(=O)(O)OP(=O)(O)O)C[C@H]1O.[H-].[Na+]. The molecule has 3 rings (SSSR count). The van der Waals surface area contributed by atoms with Gasteiger partial charge in [-0.25, -0.2) is 28.6 Å². The summed E-state index contributed by atoms with van der Waals surface area (Å²) in [6, 6.07) is 0. The van der Waals surface area contributed by atoms with Gasteiger partial charge in [0.15, 0.2) is 17.7 Å². The van der Waals surface area contributed by atoms with Gasteiger partial charge in [-0.15, -0.1) is 0 Å². The molecular weight excluding hydrogens is 498 g/mol. The van der Waals surface area contributed by atoms with E-state index in [-0.39, 0.29) is 54.4 Å². The van der Waals surface area contributed by atoms with E-state index < -0.39 is 48.5 Å². The molecule has 1 saturated heterocycles. The predicted molar refractivity (Wildman–Crippen MR) is 95.2 cm³/mol. The number of aliphatic hydroxyl groups excluding tert-OH is 1. The quantitative estimate of drug-likeness (QED) is 0.147. The molecule has 0 radical (unpaired) electrons. The molecule has 0 aliphatic carbocycles. The maximum Gasteiger partial charge on any atom is 1.00 e. The number of phosphoric ester groups is 1. The molecule has 17 nitrogen and oxygen atoms in total. The Morgan fingerprint density at radius 3 is 2.48 bits per heavy atom. The van der Waals surface area contributed by atoms with Gasteiger partial charge >= 0.3 is 53.0 Å². The van der Waals surface area contributed by atoms with Crippen molar-refractivity contribution in [3.63, 3.8) is 0 Å². The molecule has 0 bridgehead atoms. The molecule has 1 aliphatic heterocycles. The number of hydrogen-bond donors (Lipinski definition) is 6. The van der Waals surface area contributed by atoms with E-state index in [0.29, 0.717) is 0 Å². The van der Waals surface area contributed by atoms with Crippen LogP contribution < -0.4 is 35.3 Å². The predicted octanol–water partition coefficient (Wildman–Crippen LogP) is -3.48. The molecule has 21 heteroatoms. The maximum absolute atomic E-state index is 11.8. The Bertz CT molecular complexity index is 1080. The Labute approximate surface area is 196 Å². The summed E-state index contributed by atoms with van der Waals surface area (Å²) in [5, 5.41) is 10.2. The van der Waals surface area contributed by atoms with Gasteiger partial charge in [0.25, 0.3) is 0 Å². The molecule has 2 aromatic heterocycles. The number of rotatable bonds is 8. The molecule has 0 aromatic carbocycles. The van der Waals surface area contributed by atoms with Gasteiger partial charge in [0.2, 0.25) is 0 Å². The van der Waals surface area contributed by atoms with E-state index in [1.165, 1.54) is 17.2 Å². The van der Waals surface area contributed by atoms with E-state index >= 15 is 0 Å². The van der Waals surface area contributed by atoms with Crippen LogP contribution in [0.25, 0.3) is 11.2 Å². The van der Waals surface area contributed by atoms with Crippen molar-refractivity contribution in [2.24, 2.45) is 0 Å². The molecule has 2 unspecified atom stereocenters. The van der Waals surface area contributed by atoms with Crippen LogP contribution in [0.2, 0.25) is 0 Å². The van der Waals surface area contributed by atoms with E-state index in [0.717, 1.165) is 0 Å². The number of fused-ring (bicyclic) bond motifs is 1. The Hall–Kier alpha value is -0.320. The summed E-state index contributed by atoms with van der Waals surface area (Å²) in [4.78, 5) is 47.4. The monoisotopic (exact) mass is 515 g/mol. The smallest absolute Gasteiger partial charge is 1.00 e. The normalized spacial score (nSPS) is 25.6. The summed E-state index contributed by atoms with van der Waals surface area (Å²) in [6.07, 6.45) is -0.711. The molecule has 7 N–H and O–H groups in total. The van der Waals surface area contributed by atoms with Crippen LogP contribution in [0, 0.1) is 0 Å². The van der Waals surface area contributed by atoms with Crippen LogP contribution >= 0.6 is 23.5 Å². The minimum absolute atomic E-state index is 0. The number of ether oxygens (including phenoxy) is 1. The summed E-state index contributed by atoms with van der Waals surface area (Å²) in [5.41, 5.74) is 6.22. The van der Waals surface area contributed by atoms with Crippen molar-refractivity contribution in [1.29, 1.82) is 0 Å². The van der Waals surface area contributed by atoms with Gasteiger partial charge < -0.3 is 36.6 Å². The number of nitrogens with zero attached hydrogens (tertiary/aromatic N) is 4. The van der Waals surface area contributed by atoms with E-state index in [1.807, 2.05) is 0 Å². The maximum atomic E-state index is 11.8. The van der Waals surface area contributed by atoms with E-state index in [1.54, 1.807) is 0 Å². The number of aromatic nitrogens is 4. The van der Waals surface area contributed by atoms with Crippen molar-refractivity contribution in [1.82, 2.24) is 19.5 Å². The van der Waals surface area contributed by atoms with Crippen molar-refractivity contribution in [2.45, 2.75) is 24.9 Å². The number of aliphatic hydroxyl groups is 1. The third-order valence-corrected chi connectivity index (χ3v) is 7.47. The van der Waals surface area contributed by atoms with Crippen LogP contribution in [0.15, 0.2) is 12.7 Å². The third-order valence-electron chi connectivity index (χ3n) is 3.67. The number of nitrogens with two attached hydrogens (primary N) is 1. The molecular formula is C10H17N5NaO12P3. The standard InChI is InChI=1S/C10H16N5O12P3.Na.H/c11-8-7-9(13-3-12-8)15(4-14-7)10-6(16)1-5(25-10)2-24-29(20,21)27-30(22,23)26-28(17,18)19;;/h3-6,10,16H,1-2H2,(H,20,21)(H,22,23)(H2,11,12,13)(H2,17,18,19);;/q;+1;-1/t5-,6+,10+;;/m0../s1. The molecule has 0 spiro atoms. The molecule has 1 aliphatic rings. The van der Waals surface area contributed by atoms with E-state index in [4.69, 9.17) is 25.2 Å². The second kappa shape index (κ2) is 9.89. The average Bonchev–Trinajstić information content (AvgIpc) is 3.13. The van der Waals surface area contributed by atoms with Crippen molar-refractivity contribution in [3.8, 4) is 0 Å². The minimum atomic E-state index is -5.62. The van der Waals surface area contributed by atoms with Gasteiger partial charge in [-0.1, -0.05) is 0 Å². The molecule has 3 heterocycles. The van der Waals surface area contributed by atoms with Gasteiger partial charge in [-0.2, -0.15) is 8.62 Å². The van der Waals surface area contributed by atoms with Crippen molar-refractivity contribution < 1.29 is 87.2 Å². The van der Waals surface area contributed by atoms with Crippen molar-refractivity contribution >= 4 is 40.4 Å². The Morgan fingerprint density at radius 2 is 1.84 bits per heavy atom. The number of anilines is 1. The molecule has 5 atom stereocenters. The van der Waals surface area contributed by atoms with Crippen molar-refractivity contribution in [3.05, 3.63) is 12.7 Å². The molecule has 0 saturated carbocycles. The first-order chi connectivity index (χ1) is 13.8. The van der Waals surface area contributed by atoms with Gasteiger partial charge in [0.05, 0.1) is 19.0 Å². The van der Waals surface area contributed by atoms with Crippen molar-refractivity contribution in [2.75, 3.05) is 12.3 Å². The third kappa shape index (κ3) is 7.08. The average molecular weight is 515 g/mol. The van der Waals surface area contributed by atoms with Crippen LogP contribution in [0.3, 0.4) is 0 Å². The van der Waals surface area contributed by atoms with Gasteiger partial charge in [-0.05, 0) is 0 Å². The van der Waals surface area contributed by atoms with Crippen LogP contribution in [0.4, 0.5) is 5.82 Å². The van der Waals surface area contributed by atoms with Gasteiger partial charge in [0, 0.05) is 6.42 Å². The topological polar surface area (TPSA) is 259 Å². The summed E-state index contributed by atoms with van der Waals surface area (Å²) in [7, 11) is -16.4. The fourth-order valence-corrected chi connectivity index (χ4v) is 5.67. The van der Waals surface area contributed by atoms with Crippen LogP contribution in [0.1, 0.15) is 14.1 Å². The molecule has 0 amide bonds. The molecule has 170 valence electrons. The summed E-state index contributed by atoms with van der Waals surface area (Å²) in [5.74, 6) is 0.107. The first-order valence-corrected chi connectivity index (χ1v) is 12.3. The Balaban J connectivity index is 0.00000256. The minimum Gasteiger partial charge on any atom is -1.00 e. The number of nitrogen functional groups attached to an aromatic ring is 1. The second-order valence-corrected chi connectivity index (χ2v) is 10.3. The Kier molecular flexibility index (Phi) is 8.59. The number of hydrogen-bond acceptors (Lipinski definition) is 12. The zero-order chi connectivity index (χ0) is 22.3. The number of phosphoric acid groups is 3. The first kappa shape index (κ1) is 26.9. The zero-order valence-electron chi connectivity index (χ0n) is 16.6. The van der Waals surface area contributed by atoms with Gasteiger partial charge in [0.1, 0.15) is 17.9 Å². The second-order valence-electron chi connectivity index (χ2n) is 5.92. The fourth-order valence-electron chi connectivity index (χ4n) is 2.62. The van der Waals surface area contributed by atoms with E-state index in [9.17, 15) is 23.7 Å². The van der Waals surface area contributed by atoms with Crippen LogP contribution in [-0.4, -0.2) is 63.0 Å². The number of imidazole rings is 1. The molecule has 1 fully saturated rings. The molecule has 2 aromatic rings. The first-order valence-electron chi connectivity index (χ1n) is 7.81. The Morgan fingerprint density at radius 1 is 1.16 bits per heavy atom. The summed E-state index contributed by atoms with van der Waals surface area (Å²) >= 11 is 0.